The molecule has 0 aliphatic heterocycles. The van der Waals surface area contributed by atoms with Gasteiger partial charge in [0.25, 0.3) is 0 Å². The maximum atomic E-state index is 12.6. The van der Waals surface area contributed by atoms with Crippen LogP contribution in [0.5, 0.6) is 0 Å². The van der Waals surface area contributed by atoms with Crippen LogP contribution in [0.3, 0.4) is 0 Å². The maximum absolute atomic E-state index is 12.6. The second-order valence-corrected chi connectivity index (χ2v) is 5.27. The largest absolute Gasteiger partial charge is 0.397 e. The number of aromatic amines is 1. The van der Waals surface area contributed by atoms with Crippen molar-refractivity contribution in [3.05, 3.63) is 63.8 Å². The highest BCUT2D eigenvalue weighted by atomic mass is 35.5. The summed E-state index contributed by atoms with van der Waals surface area (Å²) >= 11 is 11.9. The predicted molar refractivity (Wildman–Crippen MR) is 82.6 cm³/mol. The fourth-order valence-electron chi connectivity index (χ4n) is 2.16. The van der Waals surface area contributed by atoms with Gasteiger partial charge in [-0.25, -0.2) is 0 Å². The van der Waals surface area contributed by atoms with E-state index in [1.165, 1.54) is 0 Å². The van der Waals surface area contributed by atoms with Crippen molar-refractivity contribution >= 4 is 45.6 Å². The predicted octanol–water partition coefficient (Wildman–Crippen LogP) is 4.29. The number of halogens is 2. The third-order valence-corrected chi connectivity index (χ3v) is 3.75. The number of H-pyrrole nitrogens is 1. The van der Waals surface area contributed by atoms with Crippen molar-refractivity contribution < 1.29 is 4.79 Å². The molecule has 3 nitrogen and oxygen atoms in total. The van der Waals surface area contributed by atoms with E-state index in [4.69, 9.17) is 28.9 Å². The molecule has 0 unspecified atom stereocenters. The normalized spacial score (nSPS) is 10.9. The van der Waals surface area contributed by atoms with Crippen molar-refractivity contribution in [2.45, 2.75) is 0 Å². The molecule has 1 heterocycles. The Hall–Kier alpha value is -1.97. The van der Waals surface area contributed by atoms with Crippen molar-refractivity contribution in [1.82, 2.24) is 4.98 Å². The van der Waals surface area contributed by atoms with Gasteiger partial charge < -0.3 is 10.7 Å². The van der Waals surface area contributed by atoms with Crippen molar-refractivity contribution in [3.8, 4) is 0 Å². The van der Waals surface area contributed by atoms with E-state index in [-0.39, 0.29) is 11.5 Å². The Labute approximate surface area is 125 Å². The Balaban J connectivity index is 2.18. The van der Waals surface area contributed by atoms with Crippen LogP contribution >= 0.6 is 23.2 Å². The molecule has 0 aliphatic carbocycles. The zero-order valence-electron chi connectivity index (χ0n) is 10.3. The quantitative estimate of drug-likeness (QED) is 0.548. The van der Waals surface area contributed by atoms with Gasteiger partial charge in [-0.15, -0.1) is 0 Å². The van der Waals surface area contributed by atoms with Crippen LogP contribution in [0, 0.1) is 0 Å². The summed E-state index contributed by atoms with van der Waals surface area (Å²) in [5.74, 6) is -0.182. The second kappa shape index (κ2) is 4.85. The minimum Gasteiger partial charge on any atom is -0.397 e. The molecular weight excluding hydrogens is 295 g/mol. The van der Waals surface area contributed by atoms with Gasteiger partial charge in [-0.3, -0.25) is 4.79 Å². The lowest BCUT2D eigenvalue weighted by molar-refractivity contribution is 0.104. The van der Waals surface area contributed by atoms with Crippen molar-refractivity contribution in [3.63, 3.8) is 0 Å². The van der Waals surface area contributed by atoms with Crippen LogP contribution in [0.4, 0.5) is 5.69 Å². The van der Waals surface area contributed by atoms with E-state index in [1.54, 1.807) is 36.5 Å². The first-order valence-corrected chi connectivity index (χ1v) is 6.69. The zero-order chi connectivity index (χ0) is 14.3. The molecule has 3 N–H and O–H groups in total. The number of nitrogen functional groups attached to an aromatic ring is 1. The topological polar surface area (TPSA) is 58.9 Å². The number of para-hydroxylation sites is 1. The first kappa shape index (κ1) is 13.0. The fourth-order valence-corrected chi connectivity index (χ4v) is 2.51. The van der Waals surface area contributed by atoms with Crippen LogP contribution in [0.2, 0.25) is 10.0 Å². The number of aromatic nitrogens is 1. The van der Waals surface area contributed by atoms with E-state index >= 15 is 0 Å². The fraction of sp³-hybridized carbons (Fsp3) is 0. The van der Waals surface area contributed by atoms with Crippen molar-refractivity contribution in [1.29, 1.82) is 0 Å². The smallest absolute Gasteiger partial charge is 0.197 e. The molecule has 0 radical (unpaired) electrons. The van der Waals surface area contributed by atoms with Gasteiger partial charge in [-0.1, -0.05) is 29.3 Å². The Morgan fingerprint density at radius 1 is 1.10 bits per heavy atom. The van der Waals surface area contributed by atoms with E-state index in [2.05, 4.69) is 4.98 Å². The summed E-state index contributed by atoms with van der Waals surface area (Å²) in [6, 6.07) is 10.4. The first-order valence-electron chi connectivity index (χ1n) is 5.93. The molecule has 0 atom stereocenters. The third kappa shape index (κ3) is 2.05. The van der Waals surface area contributed by atoms with Gasteiger partial charge in [-0.2, -0.15) is 0 Å². The van der Waals surface area contributed by atoms with Gasteiger partial charge in [-0.05, 0) is 30.3 Å². The van der Waals surface area contributed by atoms with Crippen LogP contribution in [-0.2, 0) is 0 Å². The van der Waals surface area contributed by atoms with Crippen molar-refractivity contribution in [2.75, 3.05) is 5.73 Å². The van der Waals surface area contributed by atoms with Crippen LogP contribution in [0.1, 0.15) is 15.9 Å². The van der Waals surface area contributed by atoms with Gasteiger partial charge in [0.05, 0.1) is 10.7 Å². The molecule has 100 valence electrons. The first-order chi connectivity index (χ1) is 9.58. The lowest BCUT2D eigenvalue weighted by Gasteiger charge is -2.05. The number of ketones is 1. The molecule has 0 fully saturated rings. The molecule has 0 spiro atoms. The minimum atomic E-state index is -0.182. The van der Waals surface area contributed by atoms with Gasteiger partial charge in [0.2, 0.25) is 0 Å². The standard InChI is InChI=1S/C15H10Cl2N2O/c16-8-4-5-13-10(6-8)11(7-19-13)15(20)9-2-1-3-12(17)14(9)18/h1-7,19H,18H2. The lowest BCUT2D eigenvalue weighted by atomic mass is 10.0. The monoisotopic (exact) mass is 304 g/mol. The number of fused-ring (bicyclic) bond motifs is 1. The zero-order valence-corrected chi connectivity index (χ0v) is 11.8. The second-order valence-electron chi connectivity index (χ2n) is 4.42. The van der Waals surface area contributed by atoms with Gasteiger partial charge in [0.1, 0.15) is 0 Å². The average molecular weight is 305 g/mol. The van der Waals surface area contributed by atoms with Gasteiger partial charge >= 0.3 is 0 Å². The van der Waals surface area contributed by atoms with Gasteiger partial charge in [0.15, 0.2) is 5.78 Å². The lowest BCUT2D eigenvalue weighted by Crippen LogP contribution is -2.05. The Morgan fingerprint density at radius 3 is 2.70 bits per heavy atom. The summed E-state index contributed by atoms with van der Waals surface area (Å²) in [5, 5.41) is 1.71. The molecule has 20 heavy (non-hydrogen) atoms. The molecule has 0 saturated heterocycles. The molecular formula is C15H10Cl2N2O. The number of benzene rings is 2. The summed E-state index contributed by atoms with van der Waals surface area (Å²) in [6.07, 6.45) is 1.66. The van der Waals surface area contributed by atoms with Gasteiger partial charge in [0, 0.05) is 33.2 Å². The summed E-state index contributed by atoms with van der Waals surface area (Å²) in [7, 11) is 0. The van der Waals surface area contributed by atoms with E-state index in [9.17, 15) is 4.79 Å². The van der Waals surface area contributed by atoms with E-state index in [0.29, 0.717) is 21.2 Å². The number of rotatable bonds is 2. The molecule has 5 heteroatoms. The average Bonchev–Trinajstić information content (AvgIpc) is 2.84. The molecule has 2 aromatic carbocycles. The molecule has 0 bridgehead atoms. The highest BCUT2D eigenvalue weighted by Crippen LogP contribution is 2.28. The molecule has 0 amide bonds. The molecule has 0 aliphatic rings. The SMILES string of the molecule is Nc1c(Cl)cccc1C(=O)c1c[nH]c2ccc(Cl)cc12. The molecule has 3 rings (SSSR count). The summed E-state index contributed by atoms with van der Waals surface area (Å²) in [4.78, 5) is 15.7. The Bertz CT molecular complexity index is 824. The number of nitrogens with one attached hydrogen (secondary N) is 1. The Morgan fingerprint density at radius 2 is 1.90 bits per heavy atom. The van der Waals surface area contributed by atoms with Crippen LogP contribution < -0.4 is 5.73 Å². The number of hydrogen-bond acceptors (Lipinski definition) is 2. The van der Waals surface area contributed by atoms with Crippen LogP contribution in [0.15, 0.2) is 42.6 Å². The number of anilines is 1. The summed E-state index contributed by atoms with van der Waals surface area (Å²) in [6.45, 7) is 0. The number of carbonyl (C=O) groups is 1. The van der Waals surface area contributed by atoms with E-state index < -0.39 is 0 Å². The number of nitrogens with two attached hydrogens (primary N) is 1. The highest BCUT2D eigenvalue weighted by Gasteiger charge is 2.17. The maximum Gasteiger partial charge on any atom is 0.197 e. The molecule has 1 aromatic heterocycles. The minimum absolute atomic E-state index is 0.182. The van der Waals surface area contributed by atoms with Crippen LogP contribution in [0.25, 0.3) is 10.9 Å². The Kier molecular flexibility index (Phi) is 3.16. The summed E-state index contributed by atoms with van der Waals surface area (Å²) in [5.41, 5.74) is 7.92. The van der Waals surface area contributed by atoms with Crippen molar-refractivity contribution in [2.24, 2.45) is 0 Å². The molecule has 0 saturated carbocycles. The van der Waals surface area contributed by atoms with Crippen LogP contribution in [-0.4, -0.2) is 10.8 Å². The van der Waals surface area contributed by atoms with E-state index in [1.807, 2.05) is 6.07 Å². The number of hydrogen-bond donors (Lipinski definition) is 2. The third-order valence-electron chi connectivity index (χ3n) is 3.19. The highest BCUT2D eigenvalue weighted by molar-refractivity contribution is 6.35. The summed E-state index contributed by atoms with van der Waals surface area (Å²) < 4.78 is 0. The van der Waals surface area contributed by atoms with E-state index in [0.717, 1.165) is 10.9 Å². The molecule has 3 aromatic rings. The number of carbonyl (C=O) groups excluding carboxylic acids is 1.